The highest BCUT2D eigenvalue weighted by Crippen LogP contribution is 2.41. The van der Waals surface area contributed by atoms with E-state index in [0.717, 1.165) is 80.6 Å². The first kappa shape index (κ1) is 28.0. The van der Waals surface area contributed by atoms with E-state index in [9.17, 15) is 14.0 Å². The number of carbonyl (C=O) groups excluding carboxylic acids is 2. The fourth-order valence-corrected chi connectivity index (χ4v) is 7.29. The van der Waals surface area contributed by atoms with Gasteiger partial charge in [0.2, 0.25) is 0 Å². The van der Waals surface area contributed by atoms with Gasteiger partial charge in [-0.25, -0.2) is 9.07 Å². The van der Waals surface area contributed by atoms with Crippen LogP contribution in [0.4, 0.5) is 4.39 Å². The molecule has 0 saturated carbocycles. The van der Waals surface area contributed by atoms with E-state index in [-0.39, 0.29) is 22.9 Å². The number of likely N-dealkylation sites (tertiary alicyclic amines) is 2. The Kier molecular flexibility index (Phi) is 7.18. The lowest BCUT2D eigenvalue weighted by Crippen LogP contribution is -2.42. The molecule has 1 unspecified atom stereocenters. The third kappa shape index (κ3) is 5.40. The van der Waals surface area contributed by atoms with Crippen LogP contribution in [0.25, 0.3) is 11.0 Å². The predicted molar refractivity (Wildman–Crippen MR) is 162 cm³/mol. The maximum Gasteiger partial charge on any atom is 0.254 e. The van der Waals surface area contributed by atoms with Crippen LogP contribution in [-0.4, -0.2) is 62.8 Å². The van der Waals surface area contributed by atoms with Crippen LogP contribution < -0.4 is 5.32 Å². The van der Waals surface area contributed by atoms with Crippen LogP contribution in [0.2, 0.25) is 5.02 Å². The molecule has 2 saturated heterocycles. The molecule has 4 aromatic rings. The molecule has 43 heavy (non-hydrogen) atoms. The topological polar surface area (TPSA) is 83.4 Å². The number of nitrogens with zero attached hydrogens (tertiary/aromatic N) is 5. The standard InChI is InChI=1S/C33H34ClFN6O2/c1-39-30-9-2-21(16-29(30)37-38-39)19-40-13-10-33(11-14-40)12-15-41(20-33)32(43)23-4-3-22-5-8-28(25(22)17-23)36-31(42)26-18-24(34)6-7-27(26)35/h2-4,6-7,9,16-18,28H,5,8,10-15,19-20H2,1H3,(H,36,42). The van der Waals surface area contributed by atoms with Crippen LogP contribution in [0.1, 0.15) is 69.1 Å². The average molecular weight is 601 g/mol. The minimum Gasteiger partial charge on any atom is -0.345 e. The second kappa shape index (κ2) is 11.0. The Morgan fingerprint density at radius 2 is 1.86 bits per heavy atom. The zero-order chi connectivity index (χ0) is 29.7. The molecule has 1 aromatic heterocycles. The molecule has 1 spiro atoms. The molecule has 3 aromatic carbocycles. The summed E-state index contributed by atoms with van der Waals surface area (Å²) >= 11 is 5.99. The van der Waals surface area contributed by atoms with Gasteiger partial charge >= 0.3 is 0 Å². The van der Waals surface area contributed by atoms with Crippen LogP contribution >= 0.6 is 11.6 Å². The third-order valence-electron chi connectivity index (χ3n) is 9.67. The molecule has 3 aliphatic rings. The zero-order valence-corrected chi connectivity index (χ0v) is 24.9. The molecule has 3 heterocycles. The van der Waals surface area contributed by atoms with Crippen molar-refractivity contribution in [3.63, 3.8) is 0 Å². The smallest absolute Gasteiger partial charge is 0.254 e. The van der Waals surface area contributed by atoms with Gasteiger partial charge in [0.25, 0.3) is 11.8 Å². The van der Waals surface area contributed by atoms with E-state index >= 15 is 0 Å². The Labute approximate surface area is 254 Å². The fraction of sp³-hybridized carbons (Fsp3) is 0.394. The molecule has 2 amide bonds. The Morgan fingerprint density at radius 3 is 2.70 bits per heavy atom. The van der Waals surface area contributed by atoms with Gasteiger partial charge < -0.3 is 10.2 Å². The number of aromatic nitrogens is 3. The summed E-state index contributed by atoms with van der Waals surface area (Å²) in [6, 6.07) is 15.9. The van der Waals surface area contributed by atoms with Gasteiger partial charge in [-0.15, -0.1) is 5.10 Å². The number of rotatable bonds is 5. The first-order chi connectivity index (χ1) is 20.8. The number of hydrogen-bond acceptors (Lipinski definition) is 5. The Balaban J connectivity index is 0.977. The second-order valence-electron chi connectivity index (χ2n) is 12.4. The van der Waals surface area contributed by atoms with E-state index in [1.54, 1.807) is 4.68 Å². The molecule has 1 N–H and O–H groups in total. The van der Waals surface area contributed by atoms with Gasteiger partial charge in [-0.1, -0.05) is 28.9 Å². The lowest BCUT2D eigenvalue weighted by atomic mass is 9.77. The average Bonchev–Trinajstić information content (AvgIpc) is 3.72. The minimum atomic E-state index is -0.610. The van der Waals surface area contributed by atoms with Gasteiger partial charge in [-0.05, 0) is 110 Å². The molecular formula is C33H34ClFN6O2. The lowest BCUT2D eigenvalue weighted by molar-refractivity contribution is 0.0713. The van der Waals surface area contributed by atoms with E-state index in [4.69, 9.17) is 11.6 Å². The van der Waals surface area contributed by atoms with Crippen molar-refractivity contribution < 1.29 is 14.0 Å². The number of hydrogen-bond donors (Lipinski definition) is 1. The minimum absolute atomic E-state index is 0.0391. The van der Waals surface area contributed by atoms with Crippen molar-refractivity contribution >= 4 is 34.4 Å². The quantitative estimate of drug-likeness (QED) is 0.336. The van der Waals surface area contributed by atoms with Gasteiger partial charge in [0.15, 0.2) is 0 Å². The number of fused-ring (bicyclic) bond motifs is 2. The summed E-state index contributed by atoms with van der Waals surface area (Å²) in [6.45, 7) is 4.44. The van der Waals surface area contributed by atoms with E-state index in [2.05, 4.69) is 38.7 Å². The first-order valence-corrected chi connectivity index (χ1v) is 15.3. The molecule has 0 bridgehead atoms. The molecule has 8 nitrogen and oxygen atoms in total. The maximum atomic E-state index is 14.3. The lowest BCUT2D eigenvalue weighted by Gasteiger charge is -2.39. The predicted octanol–water partition coefficient (Wildman–Crippen LogP) is 5.31. The van der Waals surface area contributed by atoms with E-state index < -0.39 is 11.7 Å². The van der Waals surface area contributed by atoms with Crippen LogP contribution in [0.5, 0.6) is 0 Å². The Hall–Kier alpha value is -3.82. The van der Waals surface area contributed by atoms with Gasteiger partial charge in [-0.3, -0.25) is 14.5 Å². The Morgan fingerprint density at radius 1 is 1.05 bits per heavy atom. The van der Waals surface area contributed by atoms with Crippen LogP contribution in [0, 0.1) is 11.2 Å². The van der Waals surface area contributed by atoms with E-state index in [1.807, 2.05) is 30.1 Å². The van der Waals surface area contributed by atoms with Crippen molar-refractivity contribution in [1.29, 1.82) is 0 Å². The van der Waals surface area contributed by atoms with Crippen molar-refractivity contribution in [1.82, 2.24) is 30.1 Å². The van der Waals surface area contributed by atoms with Gasteiger partial charge in [0.05, 0.1) is 17.1 Å². The SMILES string of the molecule is Cn1nnc2cc(CN3CCC4(CC3)CCN(C(=O)c3ccc5c(c3)C(NC(=O)c3cc(Cl)ccc3F)CC5)C4)ccc21. The highest BCUT2D eigenvalue weighted by atomic mass is 35.5. The number of halogens is 2. The molecule has 222 valence electrons. The number of carbonyl (C=O) groups is 2. The molecule has 0 radical (unpaired) electrons. The zero-order valence-electron chi connectivity index (χ0n) is 24.2. The van der Waals surface area contributed by atoms with E-state index in [0.29, 0.717) is 17.0 Å². The molecule has 1 aliphatic carbocycles. The number of aryl methyl sites for hydroxylation is 2. The van der Waals surface area contributed by atoms with Gasteiger partial charge in [-0.2, -0.15) is 0 Å². The summed E-state index contributed by atoms with van der Waals surface area (Å²) in [4.78, 5) is 31.0. The van der Waals surface area contributed by atoms with Crippen molar-refractivity contribution in [2.75, 3.05) is 26.2 Å². The van der Waals surface area contributed by atoms with Crippen molar-refractivity contribution in [2.24, 2.45) is 12.5 Å². The van der Waals surface area contributed by atoms with Gasteiger partial charge in [0, 0.05) is 37.3 Å². The summed E-state index contributed by atoms with van der Waals surface area (Å²) in [6.07, 6.45) is 4.66. The normalized spacial score (nSPS) is 19.7. The summed E-state index contributed by atoms with van der Waals surface area (Å²) in [5.74, 6) is -1.07. The second-order valence-corrected chi connectivity index (χ2v) is 12.8. The van der Waals surface area contributed by atoms with Crippen LogP contribution in [0.15, 0.2) is 54.6 Å². The van der Waals surface area contributed by atoms with Crippen molar-refractivity contribution in [2.45, 2.75) is 44.7 Å². The summed E-state index contributed by atoms with van der Waals surface area (Å²) < 4.78 is 16.1. The Bertz CT molecular complexity index is 1730. The van der Waals surface area contributed by atoms with Crippen molar-refractivity contribution in [3.8, 4) is 0 Å². The third-order valence-corrected chi connectivity index (χ3v) is 9.91. The monoisotopic (exact) mass is 600 g/mol. The van der Waals surface area contributed by atoms with Crippen LogP contribution in [0.3, 0.4) is 0 Å². The van der Waals surface area contributed by atoms with Crippen molar-refractivity contribution in [3.05, 3.63) is 93.3 Å². The molecule has 2 aliphatic heterocycles. The summed E-state index contributed by atoms with van der Waals surface area (Å²) in [5, 5.41) is 11.6. The molecule has 10 heteroatoms. The highest BCUT2D eigenvalue weighted by Gasteiger charge is 2.42. The number of piperidine rings is 1. The number of nitrogens with one attached hydrogen (secondary N) is 1. The van der Waals surface area contributed by atoms with E-state index in [1.165, 1.54) is 23.8 Å². The number of benzene rings is 3. The summed E-state index contributed by atoms with van der Waals surface area (Å²) in [5.41, 5.74) is 5.98. The molecule has 2 fully saturated rings. The van der Waals surface area contributed by atoms with Gasteiger partial charge in [0.1, 0.15) is 11.3 Å². The molecule has 7 rings (SSSR count). The van der Waals surface area contributed by atoms with Crippen LogP contribution in [-0.2, 0) is 20.0 Å². The largest absolute Gasteiger partial charge is 0.345 e. The molecular weight excluding hydrogens is 567 g/mol. The number of amides is 2. The molecule has 1 atom stereocenters. The highest BCUT2D eigenvalue weighted by molar-refractivity contribution is 6.31. The first-order valence-electron chi connectivity index (χ1n) is 15.0. The summed E-state index contributed by atoms with van der Waals surface area (Å²) in [7, 11) is 1.91. The maximum absolute atomic E-state index is 14.3. The fourth-order valence-electron chi connectivity index (χ4n) is 7.12.